The SMILES string of the molecule is CCN1C(=O)/C(=C\c2c(N3CCNC(=O)[C@H]3CC(=O)OC)nc3ccccn3c2=O)SC1=S. The Morgan fingerprint density at radius 2 is 2.15 bits per heavy atom. The fourth-order valence-electron chi connectivity index (χ4n) is 3.75. The van der Waals surface area contributed by atoms with Gasteiger partial charge in [-0.3, -0.25) is 28.5 Å². The number of rotatable bonds is 5. The lowest BCUT2D eigenvalue weighted by Crippen LogP contribution is -2.57. The minimum Gasteiger partial charge on any atom is -0.469 e. The highest BCUT2D eigenvalue weighted by molar-refractivity contribution is 8.26. The molecule has 10 nitrogen and oxygen atoms in total. The third kappa shape index (κ3) is 4.23. The number of aromatic nitrogens is 2. The van der Waals surface area contributed by atoms with Gasteiger partial charge in [0.15, 0.2) is 0 Å². The molecule has 0 unspecified atom stereocenters. The molecular weight excluding hydrogens is 466 g/mol. The molecule has 0 radical (unpaired) electrons. The zero-order valence-corrected chi connectivity index (χ0v) is 19.6. The molecule has 2 saturated heterocycles. The van der Waals surface area contributed by atoms with Crippen molar-refractivity contribution >= 4 is 63.6 Å². The number of pyridine rings is 1. The maximum Gasteiger partial charge on any atom is 0.308 e. The number of amides is 2. The van der Waals surface area contributed by atoms with Gasteiger partial charge in [-0.05, 0) is 25.1 Å². The van der Waals surface area contributed by atoms with Crippen LogP contribution in [0.2, 0.25) is 0 Å². The first-order chi connectivity index (χ1) is 15.8. The summed E-state index contributed by atoms with van der Waals surface area (Å²) in [6, 6.07) is 4.20. The van der Waals surface area contributed by atoms with Crippen molar-refractivity contribution in [3.8, 4) is 0 Å². The molecule has 2 aromatic rings. The van der Waals surface area contributed by atoms with Crippen LogP contribution in [0.15, 0.2) is 34.1 Å². The third-order valence-electron chi connectivity index (χ3n) is 5.40. The predicted molar refractivity (Wildman–Crippen MR) is 128 cm³/mol. The molecule has 0 saturated carbocycles. The van der Waals surface area contributed by atoms with Crippen molar-refractivity contribution in [3.05, 3.63) is 45.2 Å². The van der Waals surface area contributed by atoms with Crippen molar-refractivity contribution in [2.75, 3.05) is 31.6 Å². The summed E-state index contributed by atoms with van der Waals surface area (Å²) in [6.07, 6.45) is 2.84. The number of anilines is 1. The molecule has 1 atom stereocenters. The number of thioether (sulfide) groups is 1. The quantitative estimate of drug-likeness (QED) is 0.371. The van der Waals surface area contributed by atoms with Gasteiger partial charge in [0.25, 0.3) is 11.5 Å². The summed E-state index contributed by atoms with van der Waals surface area (Å²) in [4.78, 5) is 58.9. The Morgan fingerprint density at radius 3 is 2.85 bits per heavy atom. The highest BCUT2D eigenvalue weighted by atomic mass is 32.2. The first kappa shape index (κ1) is 22.9. The number of hydrogen-bond acceptors (Lipinski definition) is 9. The molecule has 172 valence electrons. The normalized spacial score (nSPS) is 20.0. The second kappa shape index (κ2) is 9.32. The summed E-state index contributed by atoms with van der Waals surface area (Å²) < 4.78 is 6.53. The van der Waals surface area contributed by atoms with E-state index >= 15 is 0 Å². The van der Waals surface area contributed by atoms with Crippen LogP contribution in [0.25, 0.3) is 11.7 Å². The smallest absolute Gasteiger partial charge is 0.308 e. The van der Waals surface area contributed by atoms with Crippen molar-refractivity contribution in [1.82, 2.24) is 19.6 Å². The second-order valence-electron chi connectivity index (χ2n) is 7.29. The number of methoxy groups -OCH3 is 1. The molecule has 0 aromatic carbocycles. The molecule has 1 N–H and O–H groups in total. The summed E-state index contributed by atoms with van der Waals surface area (Å²) in [6.45, 7) is 2.86. The van der Waals surface area contributed by atoms with Crippen LogP contribution in [-0.2, 0) is 19.1 Å². The number of likely N-dealkylation sites (N-methyl/N-ethyl adjacent to an activating group) is 1. The van der Waals surface area contributed by atoms with Gasteiger partial charge in [0.1, 0.15) is 21.8 Å². The van der Waals surface area contributed by atoms with Gasteiger partial charge in [0.2, 0.25) is 5.91 Å². The number of carbonyl (C=O) groups is 3. The number of nitrogens with one attached hydrogen (secondary N) is 1. The Morgan fingerprint density at radius 1 is 1.36 bits per heavy atom. The highest BCUT2D eigenvalue weighted by Gasteiger charge is 2.36. The Balaban J connectivity index is 1.90. The van der Waals surface area contributed by atoms with Crippen LogP contribution in [-0.4, -0.2) is 69.2 Å². The average Bonchev–Trinajstić information content (AvgIpc) is 3.08. The van der Waals surface area contributed by atoms with E-state index in [1.165, 1.54) is 22.5 Å². The molecule has 4 heterocycles. The van der Waals surface area contributed by atoms with Crippen molar-refractivity contribution in [2.24, 2.45) is 0 Å². The van der Waals surface area contributed by atoms with E-state index in [9.17, 15) is 19.2 Å². The summed E-state index contributed by atoms with van der Waals surface area (Å²) in [5.41, 5.74) is 0.110. The van der Waals surface area contributed by atoms with E-state index in [2.05, 4.69) is 10.3 Å². The largest absolute Gasteiger partial charge is 0.469 e. The molecule has 33 heavy (non-hydrogen) atoms. The van der Waals surface area contributed by atoms with E-state index in [0.717, 1.165) is 11.8 Å². The van der Waals surface area contributed by atoms with E-state index < -0.39 is 17.6 Å². The van der Waals surface area contributed by atoms with Gasteiger partial charge in [0.05, 0.1) is 24.0 Å². The van der Waals surface area contributed by atoms with Crippen molar-refractivity contribution in [3.63, 3.8) is 0 Å². The minimum absolute atomic E-state index is 0.139. The number of fused-ring (bicyclic) bond motifs is 1. The number of thiocarbonyl (C=S) groups is 1. The second-order valence-corrected chi connectivity index (χ2v) is 8.97. The Bertz CT molecular complexity index is 1260. The monoisotopic (exact) mass is 487 g/mol. The number of ether oxygens (including phenoxy) is 1. The standard InChI is InChI=1S/C21H21N5O5S2/c1-3-24-20(30)14(33-21(24)32)10-12-17(23-15-6-4-5-8-26(15)19(12)29)25-9-7-22-18(28)13(25)11-16(27)31-2/h4-6,8,10,13H,3,7,9,11H2,1-2H3,(H,22,28)/b14-10+/t13-/m1/s1. The average molecular weight is 488 g/mol. The lowest BCUT2D eigenvalue weighted by atomic mass is 10.1. The van der Waals surface area contributed by atoms with Crippen LogP contribution in [0.4, 0.5) is 5.82 Å². The van der Waals surface area contributed by atoms with Crippen LogP contribution in [0.1, 0.15) is 18.9 Å². The lowest BCUT2D eigenvalue weighted by Gasteiger charge is -2.36. The minimum atomic E-state index is -0.915. The van der Waals surface area contributed by atoms with Gasteiger partial charge < -0.3 is 15.0 Å². The van der Waals surface area contributed by atoms with Crippen LogP contribution in [0.5, 0.6) is 0 Å². The lowest BCUT2D eigenvalue weighted by molar-refractivity contribution is -0.143. The Kier molecular flexibility index (Phi) is 6.47. The highest BCUT2D eigenvalue weighted by Crippen LogP contribution is 2.33. The molecular formula is C21H21N5O5S2. The van der Waals surface area contributed by atoms with Gasteiger partial charge in [0, 0.05) is 25.8 Å². The number of esters is 1. The number of nitrogens with zero attached hydrogens (tertiary/aromatic N) is 4. The van der Waals surface area contributed by atoms with E-state index in [1.807, 2.05) is 6.92 Å². The Labute approximate surface area is 198 Å². The van der Waals surface area contributed by atoms with Crippen LogP contribution in [0, 0.1) is 0 Å². The van der Waals surface area contributed by atoms with Crippen LogP contribution in [0.3, 0.4) is 0 Å². The van der Waals surface area contributed by atoms with Gasteiger partial charge in [-0.2, -0.15) is 0 Å². The molecule has 2 fully saturated rings. The summed E-state index contributed by atoms with van der Waals surface area (Å²) in [5.74, 6) is -1.01. The fraction of sp³-hybridized carbons (Fsp3) is 0.333. The van der Waals surface area contributed by atoms with Crippen molar-refractivity contribution in [2.45, 2.75) is 19.4 Å². The van der Waals surface area contributed by atoms with Crippen LogP contribution < -0.4 is 15.8 Å². The van der Waals surface area contributed by atoms with E-state index in [0.29, 0.717) is 34.5 Å². The number of piperazine rings is 1. The molecule has 0 aliphatic carbocycles. The predicted octanol–water partition coefficient (Wildman–Crippen LogP) is 0.784. The zero-order chi connectivity index (χ0) is 23.7. The van der Waals surface area contributed by atoms with E-state index in [1.54, 1.807) is 29.3 Å². The topological polar surface area (TPSA) is 113 Å². The number of hydrogen-bond donors (Lipinski definition) is 1. The first-order valence-corrected chi connectivity index (χ1v) is 11.5. The van der Waals surface area contributed by atoms with Crippen molar-refractivity contribution < 1.29 is 19.1 Å². The summed E-state index contributed by atoms with van der Waals surface area (Å²) in [7, 11) is 1.25. The van der Waals surface area contributed by atoms with Gasteiger partial charge in [-0.1, -0.05) is 30.0 Å². The molecule has 2 aliphatic rings. The van der Waals surface area contributed by atoms with E-state index in [4.69, 9.17) is 17.0 Å². The zero-order valence-electron chi connectivity index (χ0n) is 17.9. The summed E-state index contributed by atoms with van der Waals surface area (Å²) in [5, 5.41) is 2.74. The maximum absolute atomic E-state index is 13.5. The van der Waals surface area contributed by atoms with Crippen molar-refractivity contribution in [1.29, 1.82) is 0 Å². The Hall–Kier alpha value is -3.25. The molecule has 4 rings (SSSR count). The third-order valence-corrected chi connectivity index (χ3v) is 6.78. The van der Waals surface area contributed by atoms with Gasteiger partial charge in [-0.25, -0.2) is 4.98 Å². The fourth-order valence-corrected chi connectivity index (χ4v) is 5.12. The van der Waals surface area contributed by atoms with Crippen LogP contribution >= 0.6 is 24.0 Å². The van der Waals surface area contributed by atoms with Gasteiger partial charge in [-0.15, -0.1) is 0 Å². The molecule has 2 amide bonds. The molecule has 2 aliphatic heterocycles. The maximum atomic E-state index is 13.5. The van der Waals surface area contributed by atoms with E-state index in [-0.39, 0.29) is 29.6 Å². The molecule has 0 bridgehead atoms. The summed E-state index contributed by atoms with van der Waals surface area (Å²) >= 11 is 6.39. The van der Waals surface area contributed by atoms with Gasteiger partial charge >= 0.3 is 5.97 Å². The number of carbonyl (C=O) groups excluding carboxylic acids is 3. The molecule has 12 heteroatoms. The molecule has 0 spiro atoms. The first-order valence-electron chi connectivity index (χ1n) is 10.2. The molecule has 2 aromatic heterocycles.